The summed E-state index contributed by atoms with van der Waals surface area (Å²) in [5.74, 6) is 0. The van der Waals surface area contributed by atoms with E-state index in [2.05, 4.69) is 40.7 Å². The van der Waals surface area contributed by atoms with E-state index in [4.69, 9.17) is 11.6 Å². The van der Waals surface area contributed by atoms with E-state index in [1.54, 1.807) is 0 Å². The number of amides is 2. The van der Waals surface area contributed by atoms with E-state index in [0.717, 1.165) is 35.0 Å². The number of urea groups is 1. The van der Waals surface area contributed by atoms with Gasteiger partial charge in [-0.25, -0.2) is 4.79 Å². The maximum absolute atomic E-state index is 12.5. The number of carbonyl (C=O) groups is 1. The number of benzene rings is 1. The number of nitrogens with one attached hydrogen (secondary N) is 2. The standard InChI is InChI=1S/C17H17ClN4O/c1-10(11-5-3-2-4-6-11)22-9-12-7-13-15(20-21-16(13)18)8-14(12)19-17(22)23/h3,5-8,10H,2,4,9H2,1H3,(H,19,23)(H,20,21). The van der Waals surface area contributed by atoms with Crippen LogP contribution in [0.3, 0.4) is 0 Å². The molecule has 2 aromatic rings. The minimum absolute atomic E-state index is 0.0372. The maximum Gasteiger partial charge on any atom is 0.322 e. The third-order valence-corrected chi connectivity index (χ3v) is 4.84. The molecule has 0 saturated carbocycles. The zero-order valence-corrected chi connectivity index (χ0v) is 13.5. The summed E-state index contributed by atoms with van der Waals surface area (Å²) in [5.41, 5.74) is 3.81. The van der Waals surface area contributed by atoms with Crippen molar-refractivity contribution in [2.45, 2.75) is 32.4 Å². The third kappa shape index (κ3) is 2.41. The Kier molecular flexibility index (Phi) is 3.38. The summed E-state index contributed by atoms with van der Waals surface area (Å²) in [7, 11) is 0. The first-order valence-electron chi connectivity index (χ1n) is 7.74. The van der Waals surface area contributed by atoms with Gasteiger partial charge in [-0.3, -0.25) is 5.10 Å². The number of aromatic amines is 1. The number of nitrogens with zero attached hydrogens (tertiary/aromatic N) is 2. The summed E-state index contributed by atoms with van der Waals surface area (Å²) in [6.07, 6.45) is 8.60. The van der Waals surface area contributed by atoms with E-state index in [1.807, 2.05) is 17.0 Å². The Balaban J connectivity index is 1.69. The maximum atomic E-state index is 12.5. The topological polar surface area (TPSA) is 61.0 Å². The largest absolute Gasteiger partial charge is 0.322 e. The number of H-pyrrole nitrogens is 1. The van der Waals surface area contributed by atoms with Crippen LogP contribution in [0.25, 0.3) is 10.9 Å². The highest BCUT2D eigenvalue weighted by Gasteiger charge is 2.28. The molecular weight excluding hydrogens is 312 g/mol. The zero-order valence-electron chi connectivity index (χ0n) is 12.8. The van der Waals surface area contributed by atoms with Crippen molar-refractivity contribution in [3.63, 3.8) is 0 Å². The van der Waals surface area contributed by atoms with Crippen molar-refractivity contribution in [1.29, 1.82) is 0 Å². The molecule has 118 valence electrons. The van der Waals surface area contributed by atoms with Gasteiger partial charge in [-0.05, 0) is 43.0 Å². The first kappa shape index (κ1) is 14.3. The summed E-state index contributed by atoms with van der Waals surface area (Å²) in [5, 5.41) is 11.3. The van der Waals surface area contributed by atoms with Crippen molar-refractivity contribution in [3.05, 3.63) is 46.7 Å². The van der Waals surface area contributed by atoms with Crippen LogP contribution in [0.15, 0.2) is 35.9 Å². The van der Waals surface area contributed by atoms with Crippen molar-refractivity contribution in [2.24, 2.45) is 0 Å². The number of hydrogen-bond donors (Lipinski definition) is 2. The van der Waals surface area contributed by atoms with E-state index in [0.29, 0.717) is 11.7 Å². The van der Waals surface area contributed by atoms with Gasteiger partial charge in [0.05, 0.1) is 18.1 Å². The number of rotatable bonds is 2. The van der Waals surface area contributed by atoms with Gasteiger partial charge in [-0.2, -0.15) is 5.10 Å². The number of aromatic nitrogens is 2. The highest BCUT2D eigenvalue weighted by molar-refractivity contribution is 6.34. The van der Waals surface area contributed by atoms with Gasteiger partial charge in [-0.15, -0.1) is 0 Å². The molecule has 2 heterocycles. The smallest absolute Gasteiger partial charge is 0.313 e. The second-order valence-electron chi connectivity index (χ2n) is 5.98. The van der Waals surface area contributed by atoms with Gasteiger partial charge in [0.25, 0.3) is 0 Å². The molecule has 1 aromatic carbocycles. The molecule has 2 N–H and O–H groups in total. The van der Waals surface area contributed by atoms with Crippen LogP contribution >= 0.6 is 11.6 Å². The summed E-state index contributed by atoms with van der Waals surface area (Å²) >= 11 is 6.13. The van der Waals surface area contributed by atoms with Crippen molar-refractivity contribution >= 4 is 34.2 Å². The lowest BCUT2D eigenvalue weighted by atomic mass is 9.98. The van der Waals surface area contributed by atoms with Gasteiger partial charge in [0.15, 0.2) is 0 Å². The molecule has 0 saturated heterocycles. The fourth-order valence-electron chi connectivity index (χ4n) is 3.20. The number of fused-ring (bicyclic) bond motifs is 2. The molecule has 0 radical (unpaired) electrons. The molecule has 1 aromatic heterocycles. The summed E-state index contributed by atoms with van der Waals surface area (Å²) in [6.45, 7) is 2.63. The van der Waals surface area contributed by atoms with E-state index >= 15 is 0 Å². The average molecular weight is 329 g/mol. The first-order chi connectivity index (χ1) is 11.1. The highest BCUT2D eigenvalue weighted by Crippen LogP contribution is 2.32. The second-order valence-corrected chi connectivity index (χ2v) is 6.36. The van der Waals surface area contributed by atoms with Crippen LogP contribution in [0.2, 0.25) is 5.15 Å². The number of anilines is 1. The van der Waals surface area contributed by atoms with Gasteiger partial charge >= 0.3 is 6.03 Å². The zero-order chi connectivity index (χ0) is 16.0. The molecule has 23 heavy (non-hydrogen) atoms. The Morgan fingerprint density at radius 3 is 3.00 bits per heavy atom. The fraction of sp³-hybridized carbons (Fsp3) is 0.294. The quantitative estimate of drug-likeness (QED) is 0.866. The van der Waals surface area contributed by atoms with Gasteiger partial charge in [0, 0.05) is 11.1 Å². The van der Waals surface area contributed by atoms with E-state index in [1.165, 1.54) is 5.57 Å². The SMILES string of the molecule is CC(C1=CCCC=C1)N1Cc2cc3c(Cl)[nH]nc3cc2NC1=O. The molecule has 2 aliphatic rings. The van der Waals surface area contributed by atoms with Gasteiger partial charge in [0.1, 0.15) is 5.15 Å². The van der Waals surface area contributed by atoms with Crippen molar-refractivity contribution in [3.8, 4) is 0 Å². The molecule has 0 bridgehead atoms. The van der Waals surface area contributed by atoms with Crippen molar-refractivity contribution < 1.29 is 4.79 Å². The lowest BCUT2D eigenvalue weighted by molar-refractivity contribution is 0.195. The van der Waals surface area contributed by atoms with Crippen molar-refractivity contribution in [2.75, 3.05) is 5.32 Å². The van der Waals surface area contributed by atoms with Crippen LogP contribution < -0.4 is 5.32 Å². The van der Waals surface area contributed by atoms with Crippen LogP contribution in [0.4, 0.5) is 10.5 Å². The van der Waals surface area contributed by atoms with Gasteiger partial charge in [-0.1, -0.05) is 29.8 Å². The molecule has 1 aliphatic heterocycles. The number of carbonyl (C=O) groups excluding carboxylic acids is 1. The normalized spacial score (nSPS) is 18.6. The molecule has 1 aliphatic carbocycles. The van der Waals surface area contributed by atoms with Crippen LogP contribution in [-0.2, 0) is 6.54 Å². The van der Waals surface area contributed by atoms with E-state index in [9.17, 15) is 4.79 Å². The lowest BCUT2D eigenvalue weighted by Gasteiger charge is -2.35. The van der Waals surface area contributed by atoms with E-state index < -0.39 is 0 Å². The Hall–Kier alpha value is -2.27. The molecule has 4 rings (SSSR count). The number of halogens is 1. The first-order valence-corrected chi connectivity index (χ1v) is 8.12. The number of hydrogen-bond acceptors (Lipinski definition) is 2. The van der Waals surface area contributed by atoms with Gasteiger partial charge < -0.3 is 10.2 Å². The molecule has 1 unspecified atom stereocenters. The monoisotopic (exact) mass is 328 g/mol. The summed E-state index contributed by atoms with van der Waals surface area (Å²) in [6, 6.07) is 3.83. The predicted molar refractivity (Wildman–Crippen MR) is 91.6 cm³/mol. The number of allylic oxidation sites excluding steroid dienone is 2. The van der Waals surface area contributed by atoms with Gasteiger partial charge in [0.2, 0.25) is 0 Å². The van der Waals surface area contributed by atoms with Crippen LogP contribution in [0.1, 0.15) is 25.3 Å². The van der Waals surface area contributed by atoms with Crippen LogP contribution in [0.5, 0.6) is 0 Å². The fourth-order valence-corrected chi connectivity index (χ4v) is 3.39. The Bertz CT molecular complexity index is 852. The molecule has 0 fully saturated rings. The average Bonchev–Trinajstić information content (AvgIpc) is 2.93. The van der Waals surface area contributed by atoms with Crippen LogP contribution in [0, 0.1) is 0 Å². The molecule has 6 heteroatoms. The summed E-state index contributed by atoms with van der Waals surface area (Å²) < 4.78 is 0. The minimum atomic E-state index is -0.0779. The predicted octanol–water partition coefficient (Wildman–Crippen LogP) is 4.23. The molecular formula is C17H17ClN4O. The molecule has 0 spiro atoms. The van der Waals surface area contributed by atoms with E-state index in [-0.39, 0.29) is 12.1 Å². The Morgan fingerprint density at radius 2 is 2.22 bits per heavy atom. The molecule has 5 nitrogen and oxygen atoms in total. The highest BCUT2D eigenvalue weighted by atomic mass is 35.5. The minimum Gasteiger partial charge on any atom is -0.313 e. The molecule has 1 atom stereocenters. The third-order valence-electron chi connectivity index (χ3n) is 4.55. The Labute approximate surface area is 139 Å². The lowest BCUT2D eigenvalue weighted by Crippen LogP contribution is -2.44. The van der Waals surface area contributed by atoms with Crippen LogP contribution in [-0.4, -0.2) is 27.2 Å². The second kappa shape index (κ2) is 5.42. The van der Waals surface area contributed by atoms with Crippen molar-refractivity contribution in [1.82, 2.24) is 15.1 Å². The Morgan fingerprint density at radius 1 is 1.35 bits per heavy atom. The summed E-state index contributed by atoms with van der Waals surface area (Å²) in [4.78, 5) is 14.3. The molecule has 2 amide bonds.